The molecule has 3 aliphatic rings. The third-order valence-electron chi connectivity index (χ3n) is 6.73. The van der Waals surface area contributed by atoms with Gasteiger partial charge in [-0.1, -0.05) is 0 Å². The average molecular weight is 481 g/mol. The maximum Gasteiger partial charge on any atom is 0.322 e. The minimum atomic E-state index is -0.353. The third kappa shape index (κ3) is 4.76. The first-order chi connectivity index (χ1) is 17.2. The van der Waals surface area contributed by atoms with Crippen LogP contribution in [0.3, 0.4) is 0 Å². The van der Waals surface area contributed by atoms with Crippen molar-refractivity contribution in [3.63, 3.8) is 0 Å². The summed E-state index contributed by atoms with van der Waals surface area (Å²) in [5.41, 5.74) is 1.86. The van der Waals surface area contributed by atoms with Gasteiger partial charge in [0.1, 0.15) is 6.61 Å². The predicted molar refractivity (Wildman–Crippen MR) is 124 cm³/mol. The van der Waals surface area contributed by atoms with E-state index in [1.807, 2.05) is 6.07 Å². The molecule has 1 amide bonds. The topological polar surface area (TPSA) is 140 Å². The highest BCUT2D eigenvalue weighted by Crippen LogP contribution is 2.32. The molecular weight excluding hydrogens is 452 g/mol. The average Bonchev–Trinajstić information content (AvgIpc) is 3.55. The van der Waals surface area contributed by atoms with Gasteiger partial charge < -0.3 is 24.4 Å². The summed E-state index contributed by atoms with van der Waals surface area (Å²) < 4.78 is 16.6. The van der Waals surface area contributed by atoms with Crippen LogP contribution in [0.2, 0.25) is 0 Å². The van der Waals surface area contributed by atoms with Gasteiger partial charge in [-0.2, -0.15) is 20.1 Å². The van der Waals surface area contributed by atoms with Crippen LogP contribution in [0.25, 0.3) is 11.0 Å². The van der Waals surface area contributed by atoms with Crippen molar-refractivity contribution >= 4 is 22.9 Å². The molecule has 184 valence electrons. The van der Waals surface area contributed by atoms with Crippen LogP contribution in [0.1, 0.15) is 47.9 Å². The Hall–Kier alpha value is -3.38. The van der Waals surface area contributed by atoms with E-state index in [-0.39, 0.29) is 29.9 Å². The van der Waals surface area contributed by atoms with Crippen LogP contribution >= 0.6 is 0 Å². The predicted octanol–water partition coefficient (Wildman–Crippen LogP) is 1.21. The Morgan fingerprint density at radius 3 is 2.86 bits per heavy atom. The van der Waals surface area contributed by atoms with Crippen molar-refractivity contribution in [3.05, 3.63) is 29.8 Å². The number of H-pyrrole nitrogens is 1. The summed E-state index contributed by atoms with van der Waals surface area (Å²) in [7, 11) is 0. The molecule has 1 atom stereocenters. The molecule has 2 N–H and O–H groups in total. The third-order valence-corrected chi connectivity index (χ3v) is 6.73. The Balaban J connectivity index is 1.18. The fourth-order valence-electron chi connectivity index (χ4n) is 4.70. The molecule has 3 fully saturated rings. The van der Waals surface area contributed by atoms with E-state index in [4.69, 9.17) is 14.2 Å². The molecule has 0 saturated carbocycles. The molecule has 35 heavy (non-hydrogen) atoms. The van der Waals surface area contributed by atoms with Gasteiger partial charge in [0.2, 0.25) is 11.8 Å². The van der Waals surface area contributed by atoms with E-state index in [0.717, 1.165) is 62.1 Å². The van der Waals surface area contributed by atoms with Crippen LogP contribution in [0.15, 0.2) is 18.3 Å². The van der Waals surface area contributed by atoms with E-state index >= 15 is 0 Å². The number of piperidine rings is 1. The summed E-state index contributed by atoms with van der Waals surface area (Å²) in [6.45, 7) is 3.54. The van der Waals surface area contributed by atoms with Gasteiger partial charge in [0.05, 0.1) is 31.1 Å². The lowest BCUT2D eigenvalue weighted by atomic mass is 9.92. The van der Waals surface area contributed by atoms with Gasteiger partial charge in [0.15, 0.2) is 5.65 Å². The number of ether oxygens (including phenoxy) is 3. The van der Waals surface area contributed by atoms with E-state index in [2.05, 4.69) is 46.4 Å². The van der Waals surface area contributed by atoms with Gasteiger partial charge in [-0.25, -0.2) is 4.98 Å². The molecule has 0 aromatic carbocycles. The largest absolute Gasteiger partial charge is 0.461 e. The molecule has 12 heteroatoms. The number of hydrogen-bond acceptors (Lipinski definition) is 10. The number of rotatable bonds is 7. The van der Waals surface area contributed by atoms with Gasteiger partial charge in [-0.05, 0) is 37.8 Å². The van der Waals surface area contributed by atoms with Crippen LogP contribution < -0.4 is 15.0 Å². The van der Waals surface area contributed by atoms with E-state index in [1.165, 1.54) is 0 Å². The Kier molecular flexibility index (Phi) is 6.13. The number of aromatic nitrogens is 6. The maximum absolute atomic E-state index is 12.8. The van der Waals surface area contributed by atoms with Crippen LogP contribution in [-0.4, -0.2) is 87.7 Å². The summed E-state index contributed by atoms with van der Waals surface area (Å²) in [5, 5.41) is 11.5. The fourth-order valence-corrected chi connectivity index (χ4v) is 4.70. The fraction of sp³-hybridized carbons (Fsp3) is 0.565. The summed E-state index contributed by atoms with van der Waals surface area (Å²) in [4.78, 5) is 32.5. The molecule has 0 spiro atoms. The number of nitrogens with zero attached hydrogens (tertiary/aromatic N) is 6. The number of hydrogen-bond donors (Lipinski definition) is 2. The first-order valence-corrected chi connectivity index (χ1v) is 12.2. The van der Waals surface area contributed by atoms with Crippen molar-refractivity contribution in [1.29, 1.82) is 0 Å². The Morgan fingerprint density at radius 1 is 1.20 bits per heavy atom. The summed E-state index contributed by atoms with van der Waals surface area (Å²) >= 11 is 0. The molecule has 3 saturated heterocycles. The highest BCUT2D eigenvalue weighted by molar-refractivity contribution is 5.91. The summed E-state index contributed by atoms with van der Waals surface area (Å²) in [5.74, 6) is 0.456. The maximum atomic E-state index is 12.8. The van der Waals surface area contributed by atoms with E-state index < -0.39 is 0 Å². The van der Waals surface area contributed by atoms with Gasteiger partial charge in [0, 0.05) is 37.2 Å². The number of nitrogens with one attached hydrogen (secondary N) is 2. The molecule has 0 radical (unpaired) electrons. The van der Waals surface area contributed by atoms with Crippen molar-refractivity contribution in [2.45, 2.75) is 43.7 Å². The molecule has 6 rings (SSSR count). The standard InChI is InChI=1S/C23H28N8O4/c32-21(25-15-11-33-12-15)20-26-22(28-23(27-20)35-13-16-3-2-10-34-16)31-8-5-14(6-9-31)18-17-4-1-7-24-19(17)30-29-18/h1,4,7,14-16H,2-3,5-6,8-13H2,(H,25,32)(H,24,29,30). The van der Waals surface area contributed by atoms with Gasteiger partial charge >= 0.3 is 6.01 Å². The van der Waals surface area contributed by atoms with E-state index in [0.29, 0.717) is 31.7 Å². The van der Waals surface area contributed by atoms with Crippen molar-refractivity contribution in [2.24, 2.45) is 0 Å². The van der Waals surface area contributed by atoms with Crippen LogP contribution in [0.4, 0.5) is 5.95 Å². The molecular formula is C23H28N8O4. The molecule has 3 aliphatic heterocycles. The van der Waals surface area contributed by atoms with Crippen LogP contribution in [0.5, 0.6) is 6.01 Å². The SMILES string of the molecule is O=C(NC1COC1)c1nc(OCC2CCCO2)nc(N2CCC(c3n[nH]c4ncccc34)CC2)n1. The zero-order valence-electron chi connectivity index (χ0n) is 19.4. The number of fused-ring (bicyclic) bond motifs is 1. The van der Waals surface area contributed by atoms with Gasteiger partial charge in [0.25, 0.3) is 5.91 Å². The second-order valence-electron chi connectivity index (χ2n) is 9.17. The Labute approximate surface area is 201 Å². The first kappa shape index (κ1) is 22.1. The van der Waals surface area contributed by atoms with Crippen molar-refractivity contribution in [3.8, 4) is 6.01 Å². The highest BCUT2D eigenvalue weighted by Gasteiger charge is 2.28. The Bertz CT molecular complexity index is 1190. The molecule has 1 unspecified atom stereocenters. The smallest absolute Gasteiger partial charge is 0.322 e. The molecule has 6 heterocycles. The molecule has 0 aliphatic carbocycles. The quantitative estimate of drug-likeness (QED) is 0.507. The number of anilines is 1. The lowest BCUT2D eigenvalue weighted by Crippen LogP contribution is -2.49. The van der Waals surface area contributed by atoms with Gasteiger partial charge in [-0.3, -0.25) is 9.89 Å². The van der Waals surface area contributed by atoms with Gasteiger partial charge in [-0.15, -0.1) is 0 Å². The first-order valence-electron chi connectivity index (χ1n) is 12.2. The number of amides is 1. The highest BCUT2D eigenvalue weighted by atomic mass is 16.5. The second kappa shape index (κ2) is 9.70. The molecule has 12 nitrogen and oxygen atoms in total. The lowest BCUT2D eigenvalue weighted by molar-refractivity contribution is -0.00367. The molecule has 3 aromatic rings. The number of carbonyl (C=O) groups is 1. The number of aromatic amines is 1. The van der Waals surface area contributed by atoms with Crippen molar-refractivity contribution in [1.82, 2.24) is 35.5 Å². The summed E-state index contributed by atoms with van der Waals surface area (Å²) in [6.07, 6.45) is 5.51. The van der Waals surface area contributed by atoms with Crippen LogP contribution in [-0.2, 0) is 9.47 Å². The molecule has 3 aromatic heterocycles. The zero-order chi connectivity index (χ0) is 23.6. The number of carbonyl (C=O) groups excluding carboxylic acids is 1. The monoisotopic (exact) mass is 480 g/mol. The lowest BCUT2D eigenvalue weighted by Gasteiger charge is -2.31. The zero-order valence-corrected chi connectivity index (χ0v) is 19.4. The normalized spacial score (nSPS) is 21.3. The minimum absolute atomic E-state index is 0.0205. The second-order valence-corrected chi connectivity index (χ2v) is 9.17. The minimum Gasteiger partial charge on any atom is -0.461 e. The van der Waals surface area contributed by atoms with Crippen molar-refractivity contribution in [2.75, 3.05) is 44.4 Å². The van der Waals surface area contributed by atoms with E-state index in [1.54, 1.807) is 6.20 Å². The van der Waals surface area contributed by atoms with E-state index in [9.17, 15) is 4.79 Å². The van der Waals surface area contributed by atoms with Crippen LogP contribution in [0, 0.1) is 0 Å². The summed E-state index contributed by atoms with van der Waals surface area (Å²) in [6, 6.07) is 4.11. The van der Waals surface area contributed by atoms with Crippen molar-refractivity contribution < 1.29 is 19.0 Å². The Morgan fingerprint density at radius 2 is 2.09 bits per heavy atom. The molecule has 0 bridgehead atoms. The number of pyridine rings is 1.